The van der Waals surface area contributed by atoms with E-state index in [0.29, 0.717) is 22.9 Å². The van der Waals surface area contributed by atoms with E-state index in [0.717, 1.165) is 5.56 Å². The minimum Gasteiger partial charge on any atom is -0.490 e. The van der Waals surface area contributed by atoms with E-state index < -0.39 is 10.5 Å². The third-order valence-corrected chi connectivity index (χ3v) is 4.84. The predicted octanol–water partition coefficient (Wildman–Crippen LogP) is 5.20. The molecular formula is C23H24N2O4. The SMILES string of the molecule is COc1ccc2cc(C(=O)N(Cc3ccccc3)C(C)(C)C)ccc2c1[N+](=O)[O-]. The number of nitro benzene ring substituents is 1. The molecule has 0 aliphatic rings. The Bertz CT molecular complexity index is 1060. The molecule has 3 aromatic rings. The van der Waals surface area contributed by atoms with Crippen LogP contribution in [0.25, 0.3) is 10.8 Å². The van der Waals surface area contributed by atoms with Gasteiger partial charge >= 0.3 is 5.69 Å². The van der Waals surface area contributed by atoms with Gasteiger partial charge < -0.3 is 9.64 Å². The van der Waals surface area contributed by atoms with E-state index in [4.69, 9.17) is 4.74 Å². The van der Waals surface area contributed by atoms with Crippen LogP contribution in [0.4, 0.5) is 5.69 Å². The molecule has 0 aromatic heterocycles. The first kappa shape index (κ1) is 20.3. The largest absolute Gasteiger partial charge is 0.490 e. The van der Waals surface area contributed by atoms with Crippen molar-refractivity contribution in [1.29, 1.82) is 0 Å². The van der Waals surface area contributed by atoms with Gasteiger partial charge in [-0.2, -0.15) is 0 Å². The highest BCUT2D eigenvalue weighted by molar-refractivity contribution is 6.01. The van der Waals surface area contributed by atoms with Gasteiger partial charge in [0.1, 0.15) is 0 Å². The Kier molecular flexibility index (Phi) is 5.55. The Morgan fingerprint density at radius 1 is 1.07 bits per heavy atom. The van der Waals surface area contributed by atoms with E-state index >= 15 is 0 Å². The number of carbonyl (C=O) groups excluding carboxylic acids is 1. The Morgan fingerprint density at radius 2 is 1.76 bits per heavy atom. The molecule has 3 rings (SSSR count). The fourth-order valence-electron chi connectivity index (χ4n) is 3.31. The topological polar surface area (TPSA) is 72.7 Å². The lowest BCUT2D eigenvalue weighted by Crippen LogP contribution is -2.45. The fourth-order valence-corrected chi connectivity index (χ4v) is 3.31. The molecule has 0 bridgehead atoms. The van der Waals surface area contributed by atoms with Crippen LogP contribution >= 0.6 is 0 Å². The molecule has 0 unspecified atom stereocenters. The van der Waals surface area contributed by atoms with Gasteiger partial charge in [0.2, 0.25) is 0 Å². The van der Waals surface area contributed by atoms with Crippen molar-refractivity contribution in [2.75, 3.05) is 7.11 Å². The normalized spacial score (nSPS) is 11.3. The first-order chi connectivity index (χ1) is 13.7. The van der Waals surface area contributed by atoms with Gasteiger partial charge in [-0.1, -0.05) is 36.4 Å². The maximum absolute atomic E-state index is 13.3. The number of ether oxygens (including phenoxy) is 1. The maximum atomic E-state index is 13.3. The molecule has 29 heavy (non-hydrogen) atoms. The van der Waals surface area contributed by atoms with Gasteiger partial charge in [-0.25, -0.2) is 0 Å². The molecule has 0 aliphatic heterocycles. The molecule has 0 atom stereocenters. The molecule has 3 aromatic carbocycles. The Hall–Kier alpha value is -3.41. The number of nitrogens with zero attached hydrogens (tertiary/aromatic N) is 2. The van der Waals surface area contributed by atoms with Crippen LogP contribution in [0.3, 0.4) is 0 Å². The van der Waals surface area contributed by atoms with Gasteiger partial charge in [0, 0.05) is 17.6 Å². The minimum absolute atomic E-state index is 0.0963. The van der Waals surface area contributed by atoms with Gasteiger partial charge in [0.25, 0.3) is 5.91 Å². The van der Waals surface area contributed by atoms with Crippen LogP contribution in [0.1, 0.15) is 36.7 Å². The number of hydrogen-bond acceptors (Lipinski definition) is 4. The van der Waals surface area contributed by atoms with Crippen LogP contribution in [-0.2, 0) is 6.54 Å². The predicted molar refractivity (Wildman–Crippen MR) is 113 cm³/mol. The van der Waals surface area contributed by atoms with Crippen molar-refractivity contribution in [3.63, 3.8) is 0 Å². The van der Waals surface area contributed by atoms with Gasteiger partial charge in [-0.3, -0.25) is 14.9 Å². The van der Waals surface area contributed by atoms with E-state index in [1.807, 2.05) is 51.1 Å². The highest BCUT2D eigenvalue weighted by Gasteiger charge is 2.28. The van der Waals surface area contributed by atoms with Gasteiger partial charge in [-0.15, -0.1) is 0 Å². The summed E-state index contributed by atoms with van der Waals surface area (Å²) in [6.07, 6.45) is 0. The second-order valence-electron chi connectivity index (χ2n) is 7.86. The molecule has 0 heterocycles. The van der Waals surface area contributed by atoms with Crippen molar-refractivity contribution in [3.05, 3.63) is 81.9 Å². The average molecular weight is 392 g/mol. The Labute approximate surface area is 169 Å². The fraction of sp³-hybridized carbons (Fsp3) is 0.261. The highest BCUT2D eigenvalue weighted by Crippen LogP contribution is 2.35. The van der Waals surface area contributed by atoms with Gasteiger partial charge in [0.15, 0.2) is 5.75 Å². The second kappa shape index (κ2) is 7.91. The summed E-state index contributed by atoms with van der Waals surface area (Å²) >= 11 is 0. The number of benzene rings is 3. The van der Waals surface area contributed by atoms with E-state index in [9.17, 15) is 14.9 Å². The minimum atomic E-state index is -0.459. The van der Waals surface area contributed by atoms with Crippen LogP contribution < -0.4 is 4.74 Å². The monoisotopic (exact) mass is 392 g/mol. The highest BCUT2D eigenvalue weighted by atomic mass is 16.6. The summed E-state index contributed by atoms with van der Waals surface area (Å²) in [5.41, 5.74) is 1.04. The van der Waals surface area contributed by atoms with Crippen molar-refractivity contribution in [2.24, 2.45) is 0 Å². The Balaban J connectivity index is 2.03. The standard InChI is InChI=1S/C23H24N2O4/c1-23(2,3)24(15-16-8-6-5-7-9-16)22(26)18-10-12-19-17(14-18)11-13-20(29-4)21(19)25(27)28/h5-14H,15H2,1-4H3. The average Bonchev–Trinajstić information content (AvgIpc) is 2.69. The van der Waals surface area contributed by atoms with Gasteiger partial charge in [-0.05, 0) is 56.0 Å². The number of methoxy groups -OCH3 is 1. The molecule has 0 aliphatic carbocycles. The third-order valence-electron chi connectivity index (χ3n) is 4.84. The number of rotatable bonds is 5. The van der Waals surface area contributed by atoms with Crippen LogP contribution in [0.5, 0.6) is 5.75 Å². The molecule has 6 nitrogen and oxygen atoms in total. The smallest absolute Gasteiger partial charge is 0.318 e. The molecule has 0 spiro atoms. The lowest BCUT2D eigenvalue weighted by molar-refractivity contribution is -0.383. The lowest BCUT2D eigenvalue weighted by Gasteiger charge is -2.36. The van der Waals surface area contributed by atoms with Crippen LogP contribution in [0, 0.1) is 10.1 Å². The van der Waals surface area contributed by atoms with Crippen molar-refractivity contribution < 1.29 is 14.5 Å². The molecule has 150 valence electrons. The zero-order valence-corrected chi connectivity index (χ0v) is 17.0. The molecular weight excluding hydrogens is 368 g/mol. The van der Waals surface area contributed by atoms with E-state index in [1.165, 1.54) is 7.11 Å². The summed E-state index contributed by atoms with van der Waals surface area (Å²) in [4.78, 5) is 26.2. The number of nitro groups is 1. The van der Waals surface area contributed by atoms with Crippen molar-refractivity contribution >= 4 is 22.4 Å². The molecule has 0 fully saturated rings. The first-order valence-corrected chi connectivity index (χ1v) is 9.33. The molecule has 0 radical (unpaired) electrons. The molecule has 0 saturated heterocycles. The lowest BCUT2D eigenvalue weighted by atomic mass is 10.00. The van der Waals surface area contributed by atoms with E-state index in [1.54, 1.807) is 35.2 Å². The summed E-state index contributed by atoms with van der Waals surface area (Å²) in [5, 5.41) is 12.6. The van der Waals surface area contributed by atoms with Crippen molar-refractivity contribution in [2.45, 2.75) is 32.9 Å². The zero-order chi connectivity index (χ0) is 21.2. The Morgan fingerprint density at radius 3 is 2.34 bits per heavy atom. The summed E-state index contributed by atoms with van der Waals surface area (Å²) < 4.78 is 5.12. The molecule has 1 amide bonds. The third kappa shape index (κ3) is 4.21. The molecule has 0 saturated carbocycles. The second-order valence-corrected chi connectivity index (χ2v) is 7.86. The van der Waals surface area contributed by atoms with Crippen LogP contribution in [-0.4, -0.2) is 28.4 Å². The summed E-state index contributed by atoms with van der Waals surface area (Å²) in [6.45, 7) is 6.45. The van der Waals surface area contributed by atoms with Crippen LogP contribution in [0.2, 0.25) is 0 Å². The summed E-state index contributed by atoms with van der Waals surface area (Å²) in [6, 6.07) is 18.1. The molecule has 0 N–H and O–H groups in total. The van der Waals surface area contributed by atoms with E-state index in [-0.39, 0.29) is 17.3 Å². The first-order valence-electron chi connectivity index (χ1n) is 9.33. The van der Waals surface area contributed by atoms with Gasteiger partial charge in [0.05, 0.1) is 17.4 Å². The zero-order valence-electron chi connectivity index (χ0n) is 17.0. The molecule has 6 heteroatoms. The number of carbonyl (C=O) groups is 1. The number of amides is 1. The summed E-state index contributed by atoms with van der Waals surface area (Å²) in [5.74, 6) is 0.0729. The number of hydrogen-bond donors (Lipinski definition) is 0. The van der Waals surface area contributed by atoms with Crippen LogP contribution in [0.15, 0.2) is 60.7 Å². The van der Waals surface area contributed by atoms with Crippen molar-refractivity contribution in [3.8, 4) is 5.75 Å². The van der Waals surface area contributed by atoms with Crippen molar-refractivity contribution in [1.82, 2.24) is 4.90 Å². The summed E-state index contributed by atoms with van der Waals surface area (Å²) in [7, 11) is 1.40. The number of fused-ring (bicyclic) bond motifs is 1. The quantitative estimate of drug-likeness (QED) is 0.442. The maximum Gasteiger partial charge on any atom is 0.318 e. The van der Waals surface area contributed by atoms with E-state index in [2.05, 4.69) is 0 Å².